The number of nitriles is 1. The summed E-state index contributed by atoms with van der Waals surface area (Å²) < 4.78 is 1.89. The number of nitrogens with zero attached hydrogens (tertiary/aromatic N) is 5. The Kier molecular flexibility index (Phi) is 6.32. The number of hydrogen-bond acceptors (Lipinski definition) is 6. The minimum Gasteiger partial charge on any atom is -0.390 e. The fourth-order valence-corrected chi connectivity index (χ4v) is 5.45. The van der Waals surface area contributed by atoms with Gasteiger partial charge in [-0.2, -0.15) is 10.4 Å². The Morgan fingerprint density at radius 3 is 2.71 bits per heavy atom. The van der Waals surface area contributed by atoms with Crippen molar-refractivity contribution in [2.24, 2.45) is 11.7 Å². The maximum absolute atomic E-state index is 12.2. The van der Waals surface area contributed by atoms with Gasteiger partial charge in [-0.1, -0.05) is 0 Å². The van der Waals surface area contributed by atoms with E-state index in [1.54, 1.807) is 12.4 Å². The van der Waals surface area contributed by atoms with Crippen molar-refractivity contribution >= 4 is 17.1 Å². The normalized spacial score (nSPS) is 20.9. The first-order valence-electron chi connectivity index (χ1n) is 11.7. The van der Waals surface area contributed by atoms with Crippen LogP contribution in [0.5, 0.6) is 0 Å². The van der Waals surface area contributed by atoms with E-state index in [0.717, 1.165) is 36.2 Å². The maximum atomic E-state index is 12.2. The average molecular weight is 461 g/mol. The molecule has 4 rings (SSSR count). The summed E-state index contributed by atoms with van der Waals surface area (Å²) in [6, 6.07) is 10.0. The van der Waals surface area contributed by atoms with E-state index in [4.69, 9.17) is 5.73 Å². The largest absolute Gasteiger partial charge is 0.390 e. The summed E-state index contributed by atoms with van der Waals surface area (Å²) in [6.07, 6.45) is 7.26. The van der Waals surface area contributed by atoms with Gasteiger partial charge in [0.2, 0.25) is 0 Å². The molecule has 0 unspecified atom stereocenters. The van der Waals surface area contributed by atoms with Gasteiger partial charge in [0, 0.05) is 36.1 Å². The van der Waals surface area contributed by atoms with E-state index in [1.807, 2.05) is 36.6 Å². The monoisotopic (exact) mass is 460 g/mol. The van der Waals surface area contributed by atoms with Crippen molar-refractivity contribution in [2.75, 3.05) is 4.90 Å². The van der Waals surface area contributed by atoms with Crippen molar-refractivity contribution in [1.29, 1.82) is 5.26 Å². The molecule has 0 radical (unpaired) electrons. The molecule has 1 fully saturated rings. The van der Waals surface area contributed by atoms with Gasteiger partial charge in [-0.15, -0.1) is 0 Å². The lowest BCUT2D eigenvalue weighted by Gasteiger charge is -2.48. The van der Waals surface area contributed by atoms with Crippen LogP contribution in [0.25, 0.3) is 5.52 Å². The molecule has 178 valence electrons. The molecule has 0 saturated heterocycles. The molecule has 0 aromatic carbocycles. The van der Waals surface area contributed by atoms with Crippen LogP contribution in [0.3, 0.4) is 0 Å². The quantitative estimate of drug-likeness (QED) is 0.579. The van der Waals surface area contributed by atoms with Crippen molar-refractivity contribution in [3.05, 3.63) is 59.7 Å². The number of fused-ring (bicyclic) bond motifs is 1. The number of primary amides is 1. The minimum absolute atomic E-state index is 0.0319. The number of pyridine rings is 1. The van der Waals surface area contributed by atoms with Crippen LogP contribution >= 0.6 is 0 Å². The number of aromatic nitrogens is 3. The first-order valence-corrected chi connectivity index (χ1v) is 11.7. The number of hydrogen-bond donors (Lipinski definition) is 2. The van der Waals surface area contributed by atoms with Gasteiger partial charge in [0.05, 0.1) is 34.1 Å². The Bertz CT molecular complexity index is 1240. The predicted molar refractivity (Wildman–Crippen MR) is 130 cm³/mol. The molecular weight excluding hydrogens is 428 g/mol. The molecule has 1 amide bonds. The fraction of sp³-hybridized carbons (Fsp3) is 0.462. The third-order valence-electron chi connectivity index (χ3n) is 7.11. The summed E-state index contributed by atoms with van der Waals surface area (Å²) in [4.78, 5) is 18.6. The lowest BCUT2D eigenvalue weighted by Crippen LogP contribution is -2.50. The molecule has 8 nitrogen and oxygen atoms in total. The van der Waals surface area contributed by atoms with Crippen LogP contribution in [0.2, 0.25) is 0 Å². The molecule has 3 heterocycles. The molecule has 1 aliphatic carbocycles. The standard InChI is InChI=1S/C26H32N6O2/c1-16(2)31(23-9-10-29-15-21(23)25(28)33)22-7-5-18(26(3,4)34)12-20(22)24-8-6-19-11-17(13-27)14-30-32(19)24/h6,8-11,14-16,18,20,22,34H,5,7,12H2,1-4H3,(H2,28,33)/t18-,20-,22-/m1/s1. The number of carbonyl (C=O) groups is 1. The molecule has 3 aromatic rings. The molecular formula is C26H32N6O2. The van der Waals surface area contributed by atoms with Gasteiger partial charge in [0.15, 0.2) is 0 Å². The summed E-state index contributed by atoms with van der Waals surface area (Å²) in [5, 5.41) is 24.7. The fourth-order valence-electron chi connectivity index (χ4n) is 5.45. The molecule has 0 bridgehead atoms. The van der Waals surface area contributed by atoms with Crippen LogP contribution in [0.15, 0.2) is 42.9 Å². The van der Waals surface area contributed by atoms with Crippen molar-refractivity contribution in [2.45, 2.75) is 70.6 Å². The molecule has 0 spiro atoms. The van der Waals surface area contributed by atoms with Crippen LogP contribution < -0.4 is 10.6 Å². The third-order valence-corrected chi connectivity index (χ3v) is 7.11. The van der Waals surface area contributed by atoms with E-state index in [-0.39, 0.29) is 23.9 Å². The summed E-state index contributed by atoms with van der Waals surface area (Å²) >= 11 is 0. The Morgan fingerprint density at radius 2 is 2.06 bits per heavy atom. The number of aliphatic hydroxyl groups is 1. The summed E-state index contributed by atoms with van der Waals surface area (Å²) in [7, 11) is 0. The lowest BCUT2D eigenvalue weighted by molar-refractivity contribution is -0.00653. The number of nitrogens with two attached hydrogens (primary N) is 1. The van der Waals surface area contributed by atoms with E-state index >= 15 is 0 Å². The summed E-state index contributed by atoms with van der Waals surface area (Å²) in [6.45, 7) is 7.96. The van der Waals surface area contributed by atoms with Crippen molar-refractivity contribution in [3.63, 3.8) is 0 Å². The molecule has 3 aromatic heterocycles. The second-order valence-electron chi connectivity index (χ2n) is 10.0. The smallest absolute Gasteiger partial charge is 0.252 e. The Morgan fingerprint density at radius 1 is 1.29 bits per heavy atom. The zero-order valence-electron chi connectivity index (χ0n) is 20.1. The highest BCUT2D eigenvalue weighted by Gasteiger charge is 2.42. The first-order chi connectivity index (χ1) is 16.1. The average Bonchev–Trinajstić information content (AvgIpc) is 3.21. The second kappa shape index (κ2) is 9.07. The van der Waals surface area contributed by atoms with Crippen LogP contribution in [0.1, 0.15) is 74.5 Å². The van der Waals surface area contributed by atoms with E-state index in [2.05, 4.69) is 41.0 Å². The number of carbonyl (C=O) groups excluding carboxylic acids is 1. The van der Waals surface area contributed by atoms with E-state index in [0.29, 0.717) is 11.1 Å². The van der Waals surface area contributed by atoms with E-state index < -0.39 is 11.5 Å². The van der Waals surface area contributed by atoms with Crippen molar-refractivity contribution in [1.82, 2.24) is 14.6 Å². The van der Waals surface area contributed by atoms with Gasteiger partial charge in [-0.05, 0) is 77.1 Å². The summed E-state index contributed by atoms with van der Waals surface area (Å²) in [5.41, 5.74) is 8.47. The predicted octanol–water partition coefficient (Wildman–Crippen LogP) is 3.64. The van der Waals surface area contributed by atoms with E-state index in [1.165, 1.54) is 6.20 Å². The highest BCUT2D eigenvalue weighted by molar-refractivity contribution is 5.98. The van der Waals surface area contributed by atoms with Gasteiger partial charge in [0.1, 0.15) is 6.07 Å². The summed E-state index contributed by atoms with van der Waals surface area (Å²) in [5.74, 6) is -0.363. The topological polar surface area (TPSA) is 121 Å². The molecule has 8 heteroatoms. The number of anilines is 1. The number of rotatable bonds is 6. The zero-order chi connectivity index (χ0) is 24.6. The van der Waals surface area contributed by atoms with E-state index in [9.17, 15) is 15.2 Å². The number of amides is 1. The minimum atomic E-state index is -0.810. The first kappa shape index (κ1) is 23.7. The Hall–Kier alpha value is -3.44. The molecule has 1 aliphatic rings. The Labute approximate surface area is 200 Å². The maximum Gasteiger partial charge on any atom is 0.252 e. The second-order valence-corrected chi connectivity index (χ2v) is 10.0. The van der Waals surface area contributed by atoms with Crippen LogP contribution in [0, 0.1) is 17.2 Å². The van der Waals surface area contributed by atoms with Crippen molar-refractivity contribution < 1.29 is 9.90 Å². The highest BCUT2D eigenvalue weighted by atomic mass is 16.3. The zero-order valence-corrected chi connectivity index (χ0v) is 20.1. The molecule has 3 N–H and O–H groups in total. The van der Waals surface area contributed by atoms with Gasteiger partial charge in [0.25, 0.3) is 5.91 Å². The van der Waals surface area contributed by atoms with Gasteiger partial charge >= 0.3 is 0 Å². The van der Waals surface area contributed by atoms with Crippen LogP contribution in [0.4, 0.5) is 5.69 Å². The molecule has 0 aliphatic heterocycles. The molecule has 34 heavy (non-hydrogen) atoms. The van der Waals surface area contributed by atoms with Gasteiger partial charge in [-0.3, -0.25) is 9.78 Å². The van der Waals surface area contributed by atoms with Crippen molar-refractivity contribution in [3.8, 4) is 6.07 Å². The van der Waals surface area contributed by atoms with Crippen LogP contribution in [-0.2, 0) is 0 Å². The molecule has 1 saturated carbocycles. The van der Waals surface area contributed by atoms with Gasteiger partial charge < -0.3 is 15.7 Å². The third kappa shape index (κ3) is 4.36. The highest BCUT2D eigenvalue weighted by Crippen LogP contribution is 2.45. The SMILES string of the molecule is CC(C)N(c1ccncc1C(N)=O)[C@@H]1CC[C@@H](C(C)(C)O)C[C@H]1c1ccc2cc(C#N)cnn12. The van der Waals surface area contributed by atoms with Gasteiger partial charge in [-0.25, -0.2) is 4.52 Å². The Balaban J connectivity index is 1.85. The molecule has 3 atom stereocenters. The lowest BCUT2D eigenvalue weighted by atomic mass is 9.70. The van der Waals surface area contributed by atoms with Crippen LogP contribution in [-0.4, -0.2) is 43.3 Å².